The maximum atomic E-state index is 10.7. The van der Waals surface area contributed by atoms with E-state index in [1.54, 1.807) is 6.07 Å². The minimum Gasteiger partial charge on any atom is -0.384 e. The molecule has 0 aliphatic carbocycles. The summed E-state index contributed by atoms with van der Waals surface area (Å²) in [6.07, 6.45) is -0.766. The third-order valence-electron chi connectivity index (χ3n) is 3.44. The molecule has 1 atom stereocenters. The molecule has 0 fully saturated rings. The average molecular weight is 323 g/mol. The van der Waals surface area contributed by atoms with Gasteiger partial charge >= 0.3 is 0 Å². The second-order valence-electron chi connectivity index (χ2n) is 4.70. The number of hydrogen-bond acceptors (Lipinski definition) is 2. The van der Waals surface area contributed by atoms with Gasteiger partial charge in [0.2, 0.25) is 0 Å². The Kier molecular flexibility index (Phi) is 3.74. The van der Waals surface area contributed by atoms with Crippen LogP contribution in [0.2, 0.25) is 8.67 Å². The van der Waals surface area contributed by atoms with E-state index in [0.717, 1.165) is 21.9 Å². The molecule has 1 heterocycles. The number of hydrogen-bond donors (Lipinski definition) is 1. The zero-order valence-corrected chi connectivity index (χ0v) is 13.1. The second-order valence-corrected chi connectivity index (χ2v) is 6.98. The number of aliphatic hydroxyl groups excluding tert-OH is 1. The first-order chi connectivity index (χ1) is 9.58. The monoisotopic (exact) mass is 322 g/mol. The van der Waals surface area contributed by atoms with E-state index in [4.69, 9.17) is 23.2 Å². The molecule has 0 radical (unpaired) electrons. The summed E-state index contributed by atoms with van der Waals surface area (Å²) in [6, 6.07) is 13.8. The molecule has 2 aromatic carbocycles. The Morgan fingerprint density at radius 3 is 2.55 bits per heavy atom. The van der Waals surface area contributed by atoms with Crippen molar-refractivity contribution < 1.29 is 5.11 Å². The molecular formula is C16H12Cl2OS. The van der Waals surface area contributed by atoms with Gasteiger partial charge in [0.05, 0.1) is 4.34 Å². The third kappa shape index (κ3) is 2.33. The molecular weight excluding hydrogens is 311 g/mol. The van der Waals surface area contributed by atoms with E-state index in [9.17, 15) is 5.11 Å². The molecule has 0 saturated heterocycles. The molecule has 0 amide bonds. The van der Waals surface area contributed by atoms with E-state index in [0.29, 0.717) is 14.2 Å². The van der Waals surface area contributed by atoms with Crippen molar-refractivity contribution in [2.24, 2.45) is 0 Å². The van der Waals surface area contributed by atoms with Gasteiger partial charge in [-0.3, -0.25) is 0 Å². The molecule has 4 heteroatoms. The van der Waals surface area contributed by atoms with Gasteiger partial charge in [-0.15, -0.1) is 11.3 Å². The van der Waals surface area contributed by atoms with Crippen molar-refractivity contribution in [2.75, 3.05) is 0 Å². The van der Waals surface area contributed by atoms with Crippen LogP contribution >= 0.6 is 34.5 Å². The van der Waals surface area contributed by atoms with Crippen molar-refractivity contribution in [3.05, 3.63) is 67.8 Å². The van der Waals surface area contributed by atoms with Crippen molar-refractivity contribution in [1.82, 2.24) is 0 Å². The molecule has 0 saturated carbocycles. The first kappa shape index (κ1) is 13.9. The molecule has 1 unspecified atom stereocenters. The lowest BCUT2D eigenvalue weighted by molar-refractivity contribution is 0.222. The van der Waals surface area contributed by atoms with Crippen molar-refractivity contribution >= 4 is 45.3 Å². The predicted octanol–water partition coefficient (Wildman–Crippen LogP) is 5.60. The van der Waals surface area contributed by atoms with Gasteiger partial charge in [-0.2, -0.15) is 0 Å². The van der Waals surface area contributed by atoms with Gasteiger partial charge in [0, 0.05) is 5.56 Å². The minimum atomic E-state index is -0.766. The lowest BCUT2D eigenvalue weighted by Gasteiger charge is -2.16. The number of benzene rings is 2. The van der Waals surface area contributed by atoms with Gasteiger partial charge in [-0.05, 0) is 34.9 Å². The topological polar surface area (TPSA) is 20.2 Å². The number of fused-ring (bicyclic) bond motifs is 1. The molecule has 3 aromatic rings. The van der Waals surface area contributed by atoms with E-state index < -0.39 is 6.10 Å². The van der Waals surface area contributed by atoms with E-state index in [-0.39, 0.29) is 0 Å². The van der Waals surface area contributed by atoms with E-state index in [1.165, 1.54) is 11.3 Å². The summed E-state index contributed by atoms with van der Waals surface area (Å²) >= 11 is 13.4. The summed E-state index contributed by atoms with van der Waals surface area (Å²) in [5, 5.41) is 12.9. The van der Waals surface area contributed by atoms with Crippen LogP contribution in [0.15, 0.2) is 42.5 Å². The van der Waals surface area contributed by atoms with Gasteiger partial charge in [0.1, 0.15) is 10.4 Å². The fraction of sp³-hybridized carbons (Fsp3) is 0.125. The molecule has 20 heavy (non-hydrogen) atoms. The summed E-state index contributed by atoms with van der Waals surface area (Å²) < 4.78 is 1.12. The zero-order chi connectivity index (χ0) is 14.3. The van der Waals surface area contributed by atoms with Crippen molar-refractivity contribution in [3.8, 4) is 0 Å². The third-order valence-corrected chi connectivity index (χ3v) is 4.96. The highest BCUT2D eigenvalue weighted by Crippen LogP contribution is 2.40. The van der Waals surface area contributed by atoms with Crippen molar-refractivity contribution in [3.63, 3.8) is 0 Å². The Hall–Kier alpha value is -1.06. The van der Waals surface area contributed by atoms with E-state index >= 15 is 0 Å². The lowest BCUT2D eigenvalue weighted by atomic mass is 9.93. The maximum absolute atomic E-state index is 10.7. The molecule has 0 bridgehead atoms. The second kappa shape index (κ2) is 5.38. The van der Waals surface area contributed by atoms with Gasteiger partial charge in [-0.25, -0.2) is 0 Å². The molecule has 1 nitrogen and oxygen atoms in total. The van der Waals surface area contributed by atoms with E-state index in [2.05, 4.69) is 6.07 Å². The number of aryl methyl sites for hydroxylation is 1. The lowest BCUT2D eigenvalue weighted by Crippen LogP contribution is -2.02. The van der Waals surface area contributed by atoms with Crippen LogP contribution in [0.1, 0.15) is 22.8 Å². The number of halogens is 2. The Morgan fingerprint density at radius 2 is 1.85 bits per heavy atom. The van der Waals surface area contributed by atoms with Crippen LogP contribution in [0, 0.1) is 6.92 Å². The molecule has 0 spiro atoms. The van der Waals surface area contributed by atoms with Crippen LogP contribution in [-0.2, 0) is 0 Å². The van der Waals surface area contributed by atoms with Gasteiger partial charge in [0.15, 0.2) is 0 Å². The first-order valence-corrected chi connectivity index (χ1v) is 7.76. The minimum absolute atomic E-state index is 0.537. The molecule has 102 valence electrons. The molecule has 0 aliphatic rings. The number of thiophene rings is 1. The van der Waals surface area contributed by atoms with Crippen molar-refractivity contribution in [2.45, 2.75) is 13.0 Å². The zero-order valence-electron chi connectivity index (χ0n) is 10.7. The van der Waals surface area contributed by atoms with Crippen LogP contribution in [0.5, 0.6) is 0 Å². The Balaban J connectivity index is 2.23. The molecule has 1 aromatic heterocycles. The van der Waals surface area contributed by atoms with Crippen LogP contribution < -0.4 is 0 Å². The smallest absolute Gasteiger partial charge is 0.107 e. The summed E-state index contributed by atoms with van der Waals surface area (Å²) in [6.45, 7) is 1.99. The normalized spacial score (nSPS) is 12.8. The fourth-order valence-electron chi connectivity index (χ4n) is 2.46. The summed E-state index contributed by atoms with van der Waals surface area (Å²) in [4.78, 5) is 0. The summed E-state index contributed by atoms with van der Waals surface area (Å²) in [5.74, 6) is 0. The standard InChI is InChI=1S/C16H12Cl2OS/c1-9-6-7-10-4-2-3-5-11(10)14(9)15(19)12-8-13(17)20-16(12)18/h2-8,15,19H,1H3. The van der Waals surface area contributed by atoms with Gasteiger partial charge in [-0.1, -0.05) is 59.6 Å². The summed E-state index contributed by atoms with van der Waals surface area (Å²) in [5.41, 5.74) is 2.59. The Labute approximate surface area is 131 Å². The van der Waals surface area contributed by atoms with E-state index in [1.807, 2.05) is 37.3 Å². The SMILES string of the molecule is Cc1ccc2ccccc2c1C(O)c1cc(Cl)sc1Cl. The molecule has 3 rings (SSSR count). The summed E-state index contributed by atoms with van der Waals surface area (Å²) in [7, 11) is 0. The highest BCUT2D eigenvalue weighted by atomic mass is 35.5. The predicted molar refractivity (Wildman–Crippen MR) is 87.1 cm³/mol. The Bertz CT molecular complexity index is 779. The van der Waals surface area contributed by atoms with Crippen LogP contribution in [0.3, 0.4) is 0 Å². The number of rotatable bonds is 2. The molecule has 0 aliphatic heterocycles. The highest BCUT2D eigenvalue weighted by Gasteiger charge is 2.20. The van der Waals surface area contributed by atoms with Gasteiger partial charge in [0.25, 0.3) is 0 Å². The average Bonchev–Trinajstić information content (AvgIpc) is 2.77. The van der Waals surface area contributed by atoms with Crippen LogP contribution in [0.25, 0.3) is 10.8 Å². The van der Waals surface area contributed by atoms with Gasteiger partial charge < -0.3 is 5.11 Å². The maximum Gasteiger partial charge on any atom is 0.107 e. The fourth-order valence-corrected chi connectivity index (χ4v) is 3.98. The van der Waals surface area contributed by atoms with Crippen LogP contribution in [0.4, 0.5) is 0 Å². The largest absolute Gasteiger partial charge is 0.384 e. The quantitative estimate of drug-likeness (QED) is 0.651. The number of aliphatic hydroxyl groups is 1. The molecule has 1 N–H and O–H groups in total. The van der Waals surface area contributed by atoms with Crippen molar-refractivity contribution in [1.29, 1.82) is 0 Å². The highest BCUT2D eigenvalue weighted by molar-refractivity contribution is 7.20. The first-order valence-electron chi connectivity index (χ1n) is 6.19. The van der Waals surface area contributed by atoms with Crippen LogP contribution in [-0.4, -0.2) is 5.11 Å². The Morgan fingerprint density at radius 1 is 1.10 bits per heavy atom.